The van der Waals surface area contributed by atoms with Crippen LogP contribution in [0.4, 0.5) is 0 Å². The van der Waals surface area contributed by atoms with Crippen molar-refractivity contribution in [3.05, 3.63) is 0 Å². The normalized spacial score (nSPS) is 19.7. The molecule has 4 heteroatoms. The van der Waals surface area contributed by atoms with Crippen LogP contribution in [0.2, 0.25) is 0 Å². The van der Waals surface area contributed by atoms with Crippen molar-refractivity contribution in [3.63, 3.8) is 0 Å². The maximum Gasteiger partial charge on any atom is 0.234 e. The van der Waals surface area contributed by atoms with E-state index in [2.05, 4.69) is 10.6 Å². The lowest BCUT2D eigenvalue weighted by atomic mass is 10.0. The molecule has 0 aromatic heterocycles. The highest BCUT2D eigenvalue weighted by Gasteiger charge is 2.22. The Morgan fingerprint density at radius 1 is 1.53 bits per heavy atom. The van der Waals surface area contributed by atoms with Crippen molar-refractivity contribution in [1.82, 2.24) is 10.6 Å². The van der Waals surface area contributed by atoms with E-state index in [9.17, 15) is 9.90 Å². The first-order valence-electron chi connectivity index (χ1n) is 5.76. The molecule has 0 heterocycles. The van der Waals surface area contributed by atoms with Crippen molar-refractivity contribution in [2.24, 2.45) is 0 Å². The van der Waals surface area contributed by atoms with Crippen LogP contribution >= 0.6 is 0 Å². The Morgan fingerprint density at radius 2 is 2.20 bits per heavy atom. The van der Waals surface area contributed by atoms with Gasteiger partial charge in [0.25, 0.3) is 0 Å². The van der Waals surface area contributed by atoms with E-state index in [1.165, 1.54) is 12.8 Å². The maximum absolute atomic E-state index is 11.3. The minimum atomic E-state index is -0.774. The number of amides is 1. The summed E-state index contributed by atoms with van der Waals surface area (Å²) in [6.45, 7) is 4.48. The molecular weight excluding hydrogens is 192 g/mol. The number of hydrogen-bond acceptors (Lipinski definition) is 3. The van der Waals surface area contributed by atoms with Gasteiger partial charge in [-0.2, -0.15) is 0 Å². The largest absolute Gasteiger partial charge is 0.388 e. The highest BCUT2D eigenvalue weighted by Crippen LogP contribution is 2.17. The number of rotatable bonds is 7. The molecule has 1 atom stereocenters. The summed E-state index contributed by atoms with van der Waals surface area (Å²) in [7, 11) is 0. The first kappa shape index (κ1) is 12.5. The van der Waals surface area contributed by atoms with Crippen LogP contribution in [0, 0.1) is 0 Å². The molecule has 0 aromatic carbocycles. The number of carbonyl (C=O) groups is 1. The molecule has 0 aromatic rings. The Labute approximate surface area is 91.4 Å². The summed E-state index contributed by atoms with van der Waals surface area (Å²) >= 11 is 0. The van der Waals surface area contributed by atoms with E-state index in [1.807, 2.05) is 6.92 Å². The van der Waals surface area contributed by atoms with Gasteiger partial charge in [0.2, 0.25) is 5.91 Å². The van der Waals surface area contributed by atoms with Crippen molar-refractivity contribution in [2.45, 2.75) is 51.2 Å². The summed E-state index contributed by atoms with van der Waals surface area (Å²) in [6, 6.07) is 0.548. The molecule has 4 nitrogen and oxygen atoms in total. The van der Waals surface area contributed by atoms with Crippen molar-refractivity contribution in [1.29, 1.82) is 0 Å². The molecule has 3 N–H and O–H groups in total. The first-order chi connectivity index (χ1) is 7.03. The fourth-order valence-electron chi connectivity index (χ4n) is 1.50. The molecule has 0 saturated heterocycles. The van der Waals surface area contributed by atoms with Crippen LogP contribution in [0.15, 0.2) is 0 Å². The SMILES string of the molecule is CCCC(C)(O)CNC(=O)CNC1CC1. The zero-order valence-corrected chi connectivity index (χ0v) is 9.68. The Balaban J connectivity index is 2.08. The van der Waals surface area contributed by atoms with Gasteiger partial charge in [-0.05, 0) is 26.2 Å². The van der Waals surface area contributed by atoms with Gasteiger partial charge in [0.1, 0.15) is 0 Å². The van der Waals surface area contributed by atoms with E-state index in [0.29, 0.717) is 25.6 Å². The number of hydrogen-bond donors (Lipinski definition) is 3. The summed E-state index contributed by atoms with van der Waals surface area (Å²) in [6.07, 6.45) is 3.99. The molecule has 0 bridgehead atoms. The third kappa shape index (κ3) is 5.74. The molecule has 1 amide bonds. The third-order valence-corrected chi connectivity index (χ3v) is 2.58. The van der Waals surface area contributed by atoms with E-state index in [1.54, 1.807) is 6.92 Å². The number of aliphatic hydroxyl groups is 1. The second-order valence-electron chi connectivity index (χ2n) is 4.68. The van der Waals surface area contributed by atoms with Gasteiger partial charge in [-0.3, -0.25) is 4.79 Å². The number of carbonyl (C=O) groups excluding carboxylic acids is 1. The Hall–Kier alpha value is -0.610. The Kier molecular flexibility index (Phi) is 4.54. The molecule has 1 aliphatic rings. The van der Waals surface area contributed by atoms with Crippen LogP contribution in [-0.2, 0) is 4.79 Å². The predicted molar refractivity (Wildman–Crippen MR) is 59.6 cm³/mol. The van der Waals surface area contributed by atoms with E-state index < -0.39 is 5.60 Å². The summed E-state index contributed by atoms with van der Waals surface area (Å²) in [5, 5.41) is 15.7. The van der Waals surface area contributed by atoms with Gasteiger partial charge in [0.05, 0.1) is 12.1 Å². The standard InChI is InChI=1S/C11H22N2O2/c1-3-6-11(2,15)8-13-10(14)7-12-9-4-5-9/h9,12,15H,3-8H2,1-2H3,(H,13,14). The average molecular weight is 214 g/mol. The van der Waals surface area contributed by atoms with Crippen molar-refractivity contribution in [2.75, 3.05) is 13.1 Å². The molecule has 0 spiro atoms. The smallest absolute Gasteiger partial charge is 0.234 e. The topological polar surface area (TPSA) is 61.4 Å². The average Bonchev–Trinajstić information content (AvgIpc) is 2.95. The van der Waals surface area contributed by atoms with Crippen molar-refractivity contribution < 1.29 is 9.90 Å². The Bertz CT molecular complexity index is 213. The van der Waals surface area contributed by atoms with Gasteiger partial charge in [-0.1, -0.05) is 13.3 Å². The Morgan fingerprint density at radius 3 is 2.73 bits per heavy atom. The predicted octanol–water partition coefficient (Wildman–Crippen LogP) is 0.406. The molecule has 15 heavy (non-hydrogen) atoms. The van der Waals surface area contributed by atoms with Crippen molar-refractivity contribution in [3.8, 4) is 0 Å². The molecule has 1 unspecified atom stereocenters. The van der Waals surface area contributed by atoms with Gasteiger partial charge < -0.3 is 15.7 Å². The second kappa shape index (κ2) is 5.47. The van der Waals surface area contributed by atoms with Gasteiger partial charge >= 0.3 is 0 Å². The fourth-order valence-corrected chi connectivity index (χ4v) is 1.50. The summed E-state index contributed by atoms with van der Waals surface area (Å²) < 4.78 is 0. The molecule has 1 saturated carbocycles. The van der Waals surface area contributed by atoms with Gasteiger partial charge in [0, 0.05) is 12.6 Å². The summed E-state index contributed by atoms with van der Waals surface area (Å²) in [5.74, 6) is -0.0294. The van der Waals surface area contributed by atoms with Crippen LogP contribution in [-0.4, -0.2) is 35.7 Å². The summed E-state index contributed by atoms with van der Waals surface area (Å²) in [5.41, 5.74) is -0.774. The summed E-state index contributed by atoms with van der Waals surface area (Å²) in [4.78, 5) is 11.3. The minimum Gasteiger partial charge on any atom is -0.388 e. The lowest BCUT2D eigenvalue weighted by molar-refractivity contribution is -0.121. The van der Waals surface area contributed by atoms with Crippen LogP contribution in [0.1, 0.15) is 39.5 Å². The van der Waals surface area contributed by atoms with Crippen LogP contribution in [0.5, 0.6) is 0 Å². The third-order valence-electron chi connectivity index (χ3n) is 2.58. The van der Waals surface area contributed by atoms with Crippen LogP contribution in [0.25, 0.3) is 0 Å². The van der Waals surface area contributed by atoms with Gasteiger partial charge in [0.15, 0.2) is 0 Å². The molecule has 0 radical (unpaired) electrons. The molecule has 88 valence electrons. The zero-order valence-electron chi connectivity index (χ0n) is 9.68. The second-order valence-corrected chi connectivity index (χ2v) is 4.68. The highest BCUT2D eigenvalue weighted by atomic mass is 16.3. The van der Waals surface area contributed by atoms with E-state index in [4.69, 9.17) is 0 Å². The fraction of sp³-hybridized carbons (Fsp3) is 0.909. The van der Waals surface area contributed by atoms with Gasteiger partial charge in [-0.15, -0.1) is 0 Å². The molecule has 1 aliphatic carbocycles. The minimum absolute atomic E-state index is 0.0294. The lowest BCUT2D eigenvalue weighted by Gasteiger charge is -2.22. The van der Waals surface area contributed by atoms with E-state index >= 15 is 0 Å². The maximum atomic E-state index is 11.3. The monoisotopic (exact) mass is 214 g/mol. The molecule has 0 aliphatic heterocycles. The van der Waals surface area contributed by atoms with E-state index in [0.717, 1.165) is 6.42 Å². The first-order valence-corrected chi connectivity index (χ1v) is 5.76. The lowest BCUT2D eigenvalue weighted by Crippen LogP contribution is -2.43. The molecule has 1 rings (SSSR count). The van der Waals surface area contributed by atoms with Gasteiger partial charge in [-0.25, -0.2) is 0 Å². The van der Waals surface area contributed by atoms with Crippen LogP contribution < -0.4 is 10.6 Å². The number of nitrogens with one attached hydrogen (secondary N) is 2. The van der Waals surface area contributed by atoms with Crippen molar-refractivity contribution >= 4 is 5.91 Å². The molecular formula is C11H22N2O2. The quantitative estimate of drug-likeness (QED) is 0.575. The van der Waals surface area contributed by atoms with E-state index in [-0.39, 0.29) is 5.91 Å². The van der Waals surface area contributed by atoms with Crippen LogP contribution in [0.3, 0.4) is 0 Å². The zero-order chi connectivity index (χ0) is 11.3. The molecule has 1 fully saturated rings. The highest BCUT2D eigenvalue weighted by molar-refractivity contribution is 5.78.